The van der Waals surface area contributed by atoms with Crippen LogP contribution in [-0.2, 0) is 6.18 Å². The van der Waals surface area contributed by atoms with Crippen LogP contribution in [0.4, 0.5) is 13.2 Å². The van der Waals surface area contributed by atoms with Crippen LogP contribution in [0.3, 0.4) is 0 Å². The van der Waals surface area contributed by atoms with E-state index in [0.29, 0.717) is 0 Å². The molecule has 0 aliphatic carbocycles. The number of rotatable bonds is 4. The smallest absolute Gasteiger partial charge is 0.416 e. The molecule has 0 aliphatic rings. The van der Waals surface area contributed by atoms with Gasteiger partial charge in [-0.1, -0.05) is 24.3 Å². The zero-order chi connectivity index (χ0) is 17.9. The van der Waals surface area contributed by atoms with Crippen molar-refractivity contribution in [1.82, 2.24) is 5.32 Å². The highest BCUT2D eigenvalue weighted by Crippen LogP contribution is 2.34. The molecule has 1 atom stereocenters. The minimum Gasteiger partial charge on any atom is -0.507 e. The van der Waals surface area contributed by atoms with Gasteiger partial charge in [-0.05, 0) is 36.2 Å². The number of nitrogens with one attached hydrogen (secondary N) is 1. The first-order valence-corrected chi connectivity index (χ1v) is 7.12. The van der Waals surface area contributed by atoms with Gasteiger partial charge in [-0.2, -0.15) is 13.2 Å². The Morgan fingerprint density at radius 3 is 2.50 bits per heavy atom. The summed E-state index contributed by atoms with van der Waals surface area (Å²) in [5, 5.41) is 22.0. The molecule has 0 fully saturated rings. The minimum absolute atomic E-state index is 0.0168. The fourth-order valence-corrected chi connectivity index (χ4v) is 2.27. The fraction of sp³-hybridized carbons (Fsp3) is 0.235. The first kappa shape index (κ1) is 17.8. The monoisotopic (exact) mass is 339 g/mol. The number of benzene rings is 2. The number of carbonyl (C=O) groups is 1. The number of aryl methyl sites for hydroxylation is 1. The molecule has 24 heavy (non-hydrogen) atoms. The van der Waals surface area contributed by atoms with Crippen molar-refractivity contribution in [3.8, 4) is 5.75 Å². The zero-order valence-electron chi connectivity index (χ0n) is 12.8. The molecule has 128 valence electrons. The molecule has 4 nitrogen and oxygen atoms in total. The second kappa shape index (κ2) is 6.92. The summed E-state index contributed by atoms with van der Waals surface area (Å²) >= 11 is 0. The molecule has 0 spiro atoms. The third-order valence-electron chi connectivity index (χ3n) is 3.48. The van der Waals surface area contributed by atoms with Crippen LogP contribution in [0.2, 0.25) is 0 Å². The maximum atomic E-state index is 12.9. The van der Waals surface area contributed by atoms with Crippen LogP contribution in [0.5, 0.6) is 5.75 Å². The van der Waals surface area contributed by atoms with Crippen LogP contribution in [-0.4, -0.2) is 22.7 Å². The van der Waals surface area contributed by atoms with Crippen molar-refractivity contribution >= 4 is 5.91 Å². The SMILES string of the molecule is Cc1ccc(C(=O)NCC(O)c2ccccc2C(F)(F)F)c(O)c1. The first-order chi connectivity index (χ1) is 11.2. The van der Waals surface area contributed by atoms with Gasteiger partial charge in [0.25, 0.3) is 5.91 Å². The molecule has 0 saturated carbocycles. The Bertz CT molecular complexity index is 744. The molecule has 7 heteroatoms. The van der Waals surface area contributed by atoms with Gasteiger partial charge >= 0.3 is 6.18 Å². The highest BCUT2D eigenvalue weighted by atomic mass is 19.4. The molecule has 2 aromatic rings. The summed E-state index contributed by atoms with van der Waals surface area (Å²) < 4.78 is 38.8. The summed E-state index contributed by atoms with van der Waals surface area (Å²) in [6, 6.07) is 9.03. The molecule has 2 aromatic carbocycles. The van der Waals surface area contributed by atoms with Gasteiger partial charge in [0, 0.05) is 6.54 Å². The van der Waals surface area contributed by atoms with Crippen LogP contribution in [0.15, 0.2) is 42.5 Å². The third kappa shape index (κ3) is 4.05. The van der Waals surface area contributed by atoms with Crippen molar-refractivity contribution in [1.29, 1.82) is 0 Å². The average Bonchev–Trinajstić information content (AvgIpc) is 2.51. The standard InChI is InChI=1S/C17H16F3NO3/c1-10-6-7-12(14(22)8-10)16(24)21-9-15(23)11-4-2-3-5-13(11)17(18,19)20/h2-8,15,22-23H,9H2,1H3,(H,21,24). The maximum absolute atomic E-state index is 12.9. The summed E-state index contributed by atoms with van der Waals surface area (Å²) in [5.41, 5.74) is -0.538. The molecule has 0 radical (unpaired) electrons. The number of halogens is 3. The lowest BCUT2D eigenvalue weighted by Crippen LogP contribution is -2.29. The summed E-state index contributed by atoms with van der Waals surface area (Å²) in [7, 11) is 0. The highest BCUT2D eigenvalue weighted by molar-refractivity contribution is 5.96. The van der Waals surface area contributed by atoms with Crippen LogP contribution in [0.1, 0.15) is 33.2 Å². The molecule has 1 amide bonds. The first-order valence-electron chi connectivity index (χ1n) is 7.12. The van der Waals surface area contributed by atoms with Gasteiger partial charge in [0.2, 0.25) is 0 Å². The number of alkyl halides is 3. The van der Waals surface area contributed by atoms with Gasteiger partial charge in [-0.15, -0.1) is 0 Å². The van der Waals surface area contributed by atoms with Crippen LogP contribution in [0.25, 0.3) is 0 Å². The largest absolute Gasteiger partial charge is 0.507 e. The number of aromatic hydroxyl groups is 1. The van der Waals surface area contributed by atoms with Crippen LogP contribution < -0.4 is 5.32 Å². The quantitative estimate of drug-likeness (QED) is 0.801. The lowest BCUT2D eigenvalue weighted by atomic mass is 10.0. The number of aliphatic hydroxyl groups excluding tert-OH is 1. The second-order valence-electron chi connectivity index (χ2n) is 5.33. The van der Waals surface area contributed by atoms with Crippen molar-refractivity contribution in [2.45, 2.75) is 19.2 Å². The maximum Gasteiger partial charge on any atom is 0.416 e. The second-order valence-corrected chi connectivity index (χ2v) is 5.33. The van der Waals surface area contributed by atoms with Crippen molar-refractivity contribution in [3.63, 3.8) is 0 Å². The molecule has 0 bridgehead atoms. The minimum atomic E-state index is -4.60. The van der Waals surface area contributed by atoms with Gasteiger partial charge < -0.3 is 15.5 Å². The van der Waals surface area contributed by atoms with Gasteiger partial charge in [-0.25, -0.2) is 0 Å². The number of phenolic OH excluding ortho intramolecular Hbond substituents is 1. The van der Waals surface area contributed by atoms with Crippen LogP contribution >= 0.6 is 0 Å². The summed E-state index contributed by atoms with van der Waals surface area (Å²) in [4.78, 5) is 12.0. The number of hydrogen-bond acceptors (Lipinski definition) is 3. The zero-order valence-corrected chi connectivity index (χ0v) is 12.8. The molecule has 0 heterocycles. The van der Waals surface area contributed by atoms with E-state index in [9.17, 15) is 28.2 Å². The Kier molecular flexibility index (Phi) is 5.14. The molecule has 3 N–H and O–H groups in total. The van der Waals surface area contributed by atoms with E-state index in [0.717, 1.165) is 17.7 Å². The topological polar surface area (TPSA) is 69.6 Å². The number of phenols is 1. The number of carbonyl (C=O) groups excluding carboxylic acids is 1. The Labute approximate surface area is 136 Å². The Morgan fingerprint density at radius 1 is 1.21 bits per heavy atom. The fourth-order valence-electron chi connectivity index (χ4n) is 2.27. The van der Waals surface area contributed by atoms with E-state index in [-0.39, 0.29) is 16.9 Å². The highest BCUT2D eigenvalue weighted by Gasteiger charge is 2.34. The van der Waals surface area contributed by atoms with E-state index in [1.54, 1.807) is 13.0 Å². The molecule has 1 unspecified atom stereocenters. The lowest BCUT2D eigenvalue weighted by Gasteiger charge is -2.18. The normalized spacial score (nSPS) is 12.7. The molecular weight excluding hydrogens is 323 g/mol. The molecule has 0 saturated heterocycles. The Balaban J connectivity index is 2.11. The van der Waals surface area contributed by atoms with Crippen molar-refractivity contribution in [2.24, 2.45) is 0 Å². The van der Waals surface area contributed by atoms with E-state index in [1.807, 2.05) is 0 Å². The molecule has 0 aromatic heterocycles. The van der Waals surface area contributed by atoms with Gasteiger partial charge in [0.05, 0.1) is 17.2 Å². The van der Waals surface area contributed by atoms with E-state index < -0.39 is 30.3 Å². The summed E-state index contributed by atoms with van der Waals surface area (Å²) in [6.07, 6.45) is -6.13. The number of amides is 1. The Hall–Kier alpha value is -2.54. The van der Waals surface area contributed by atoms with E-state index in [1.165, 1.54) is 24.3 Å². The van der Waals surface area contributed by atoms with Gasteiger partial charge in [-0.3, -0.25) is 4.79 Å². The molecule has 2 rings (SSSR count). The van der Waals surface area contributed by atoms with Gasteiger partial charge in [0.15, 0.2) is 0 Å². The number of aliphatic hydroxyl groups is 1. The molecular formula is C17H16F3NO3. The predicted octanol–water partition coefficient (Wildman–Crippen LogP) is 3.18. The number of hydrogen-bond donors (Lipinski definition) is 3. The van der Waals surface area contributed by atoms with Crippen molar-refractivity contribution < 1.29 is 28.2 Å². The summed E-state index contributed by atoms with van der Waals surface area (Å²) in [6.45, 7) is 1.32. The predicted molar refractivity (Wildman–Crippen MR) is 81.6 cm³/mol. The Morgan fingerprint density at radius 2 is 1.88 bits per heavy atom. The van der Waals surface area contributed by atoms with Crippen molar-refractivity contribution in [3.05, 3.63) is 64.7 Å². The molecule has 0 aliphatic heterocycles. The third-order valence-corrected chi connectivity index (χ3v) is 3.48. The average molecular weight is 339 g/mol. The lowest BCUT2D eigenvalue weighted by molar-refractivity contribution is -0.139. The summed E-state index contributed by atoms with van der Waals surface area (Å²) in [5.74, 6) is -0.922. The van der Waals surface area contributed by atoms with E-state index in [2.05, 4.69) is 5.32 Å². The van der Waals surface area contributed by atoms with Gasteiger partial charge in [0.1, 0.15) is 5.75 Å². The van der Waals surface area contributed by atoms with E-state index >= 15 is 0 Å². The van der Waals surface area contributed by atoms with Crippen molar-refractivity contribution in [2.75, 3.05) is 6.54 Å². The van der Waals surface area contributed by atoms with Crippen LogP contribution in [0, 0.1) is 6.92 Å². The van der Waals surface area contributed by atoms with E-state index in [4.69, 9.17) is 0 Å².